The van der Waals surface area contributed by atoms with E-state index in [1.54, 1.807) is 6.92 Å². The van der Waals surface area contributed by atoms with Gasteiger partial charge in [-0.15, -0.1) is 5.10 Å². The molecular weight excluding hydrogens is 265 g/mol. The molecule has 1 aromatic heterocycles. The Kier molecular flexibility index (Phi) is 3.20. The van der Waals surface area contributed by atoms with Crippen LogP contribution in [0, 0.1) is 6.92 Å². The van der Waals surface area contributed by atoms with Crippen molar-refractivity contribution in [2.24, 2.45) is 0 Å². The second kappa shape index (κ2) is 4.52. The van der Waals surface area contributed by atoms with Crippen LogP contribution >= 0.6 is 11.8 Å². The fourth-order valence-electron chi connectivity index (χ4n) is 1.28. The number of aromatic amines is 1. The molecule has 0 aliphatic heterocycles. The summed E-state index contributed by atoms with van der Waals surface area (Å²) in [6, 6.07) is 3.20. The zero-order valence-electron chi connectivity index (χ0n) is 9.25. The summed E-state index contributed by atoms with van der Waals surface area (Å²) in [5, 5.41) is 6.93. The van der Waals surface area contributed by atoms with Gasteiger partial charge >= 0.3 is 6.18 Å². The van der Waals surface area contributed by atoms with Crippen molar-refractivity contribution in [2.45, 2.75) is 23.2 Å². The van der Waals surface area contributed by atoms with Gasteiger partial charge in [0.15, 0.2) is 0 Å². The number of hydrogen-bond donors (Lipinski definition) is 2. The second-order valence-electron chi connectivity index (χ2n) is 3.56. The van der Waals surface area contributed by atoms with Crippen molar-refractivity contribution in [1.82, 2.24) is 15.2 Å². The molecule has 1 heterocycles. The zero-order chi connectivity index (χ0) is 13.3. The van der Waals surface area contributed by atoms with E-state index in [4.69, 9.17) is 5.73 Å². The third-order valence-electron chi connectivity index (χ3n) is 2.12. The minimum atomic E-state index is -4.39. The van der Waals surface area contributed by atoms with Crippen molar-refractivity contribution in [2.75, 3.05) is 5.73 Å². The van der Waals surface area contributed by atoms with Gasteiger partial charge < -0.3 is 5.73 Å². The number of rotatable bonds is 2. The topological polar surface area (TPSA) is 67.6 Å². The lowest BCUT2D eigenvalue weighted by Gasteiger charge is -2.09. The van der Waals surface area contributed by atoms with Crippen LogP contribution in [0.3, 0.4) is 0 Å². The number of nitrogen functional groups attached to an aromatic ring is 1. The fraction of sp³-hybridized carbons (Fsp3) is 0.200. The largest absolute Gasteiger partial charge is 0.416 e. The number of aryl methyl sites for hydroxylation is 1. The van der Waals surface area contributed by atoms with Crippen molar-refractivity contribution >= 4 is 17.4 Å². The Labute approximate surface area is 105 Å². The first kappa shape index (κ1) is 12.7. The predicted octanol–water partition coefficient (Wildman–Crippen LogP) is 2.87. The number of anilines is 1. The molecule has 8 heteroatoms. The molecule has 0 aliphatic carbocycles. The van der Waals surface area contributed by atoms with Crippen LogP contribution in [-0.4, -0.2) is 15.2 Å². The Morgan fingerprint density at radius 3 is 2.56 bits per heavy atom. The molecular formula is C10H9F3N4S. The molecule has 0 bridgehead atoms. The molecule has 0 unspecified atom stereocenters. The summed E-state index contributed by atoms with van der Waals surface area (Å²) in [5.41, 5.74) is 4.87. The standard InChI is InChI=1S/C10H9F3N4S/c1-5-15-9(17-16-5)18-8-3-2-6(4-7(8)14)10(11,12)13/h2-4H,14H2,1H3,(H,15,16,17). The molecule has 0 fully saturated rings. The molecule has 0 radical (unpaired) electrons. The summed E-state index contributed by atoms with van der Waals surface area (Å²) in [5.74, 6) is 0.628. The van der Waals surface area contributed by atoms with Crippen LogP contribution in [0.25, 0.3) is 0 Å². The lowest BCUT2D eigenvalue weighted by Crippen LogP contribution is -2.05. The minimum absolute atomic E-state index is 0.0530. The molecule has 0 amide bonds. The van der Waals surface area contributed by atoms with Crippen LogP contribution in [-0.2, 0) is 6.18 Å². The van der Waals surface area contributed by atoms with Gasteiger partial charge in [-0.3, -0.25) is 5.10 Å². The molecule has 0 saturated heterocycles. The van der Waals surface area contributed by atoms with Crippen molar-refractivity contribution in [3.63, 3.8) is 0 Å². The van der Waals surface area contributed by atoms with E-state index >= 15 is 0 Å². The van der Waals surface area contributed by atoms with Crippen molar-refractivity contribution in [3.8, 4) is 0 Å². The number of alkyl halides is 3. The highest BCUT2D eigenvalue weighted by Crippen LogP contribution is 2.35. The first-order valence-electron chi connectivity index (χ1n) is 4.90. The number of H-pyrrole nitrogens is 1. The van der Waals surface area contributed by atoms with E-state index in [0.717, 1.165) is 23.9 Å². The summed E-state index contributed by atoms with van der Waals surface area (Å²) >= 11 is 1.11. The fourth-order valence-corrected chi connectivity index (χ4v) is 2.07. The maximum absolute atomic E-state index is 12.4. The van der Waals surface area contributed by atoms with E-state index in [1.807, 2.05) is 0 Å². The Hall–Kier alpha value is -1.70. The van der Waals surface area contributed by atoms with Crippen LogP contribution in [0.2, 0.25) is 0 Å². The first-order valence-corrected chi connectivity index (χ1v) is 5.71. The van der Waals surface area contributed by atoms with Gasteiger partial charge in [0.25, 0.3) is 0 Å². The van der Waals surface area contributed by atoms with E-state index in [1.165, 1.54) is 6.07 Å². The second-order valence-corrected chi connectivity index (χ2v) is 4.56. The lowest BCUT2D eigenvalue weighted by atomic mass is 10.2. The molecule has 4 nitrogen and oxygen atoms in total. The predicted molar refractivity (Wildman–Crippen MR) is 61.1 cm³/mol. The van der Waals surface area contributed by atoms with Crippen LogP contribution in [0.4, 0.5) is 18.9 Å². The van der Waals surface area contributed by atoms with E-state index in [-0.39, 0.29) is 5.69 Å². The van der Waals surface area contributed by atoms with Gasteiger partial charge in [-0.05, 0) is 36.9 Å². The summed E-state index contributed by atoms with van der Waals surface area (Å²) in [6.45, 7) is 1.73. The molecule has 18 heavy (non-hydrogen) atoms. The van der Waals surface area contributed by atoms with Crippen LogP contribution in [0.1, 0.15) is 11.4 Å². The maximum atomic E-state index is 12.4. The van der Waals surface area contributed by atoms with Crippen LogP contribution in [0.5, 0.6) is 0 Å². The van der Waals surface area contributed by atoms with Crippen molar-refractivity contribution in [1.29, 1.82) is 0 Å². The zero-order valence-corrected chi connectivity index (χ0v) is 10.1. The molecule has 3 N–H and O–H groups in total. The Bertz CT molecular complexity index is 564. The number of nitrogens with zero attached hydrogens (tertiary/aromatic N) is 2. The highest BCUT2D eigenvalue weighted by molar-refractivity contribution is 7.99. The summed E-state index contributed by atoms with van der Waals surface area (Å²) in [6.07, 6.45) is -4.39. The average Bonchev–Trinajstić information content (AvgIpc) is 2.65. The van der Waals surface area contributed by atoms with Gasteiger partial charge in [0.2, 0.25) is 5.16 Å². The van der Waals surface area contributed by atoms with Gasteiger partial charge in [0.1, 0.15) is 5.82 Å². The summed E-state index contributed by atoms with van der Waals surface area (Å²) in [4.78, 5) is 4.52. The molecule has 0 aliphatic rings. The Balaban J connectivity index is 2.25. The van der Waals surface area contributed by atoms with Gasteiger partial charge in [0.05, 0.1) is 5.56 Å². The molecule has 0 saturated carbocycles. The number of nitrogens with two attached hydrogens (primary N) is 1. The highest BCUT2D eigenvalue weighted by Gasteiger charge is 2.30. The van der Waals surface area contributed by atoms with Gasteiger partial charge in [-0.2, -0.15) is 13.2 Å². The van der Waals surface area contributed by atoms with E-state index in [9.17, 15) is 13.2 Å². The quantitative estimate of drug-likeness (QED) is 0.826. The molecule has 96 valence electrons. The lowest BCUT2D eigenvalue weighted by molar-refractivity contribution is -0.137. The van der Waals surface area contributed by atoms with Gasteiger partial charge in [0, 0.05) is 10.6 Å². The summed E-state index contributed by atoms with van der Waals surface area (Å²) < 4.78 is 37.3. The Morgan fingerprint density at radius 2 is 2.06 bits per heavy atom. The van der Waals surface area contributed by atoms with E-state index < -0.39 is 11.7 Å². The van der Waals surface area contributed by atoms with E-state index in [0.29, 0.717) is 15.9 Å². The number of halogens is 3. The van der Waals surface area contributed by atoms with Crippen LogP contribution in [0.15, 0.2) is 28.3 Å². The normalized spacial score (nSPS) is 11.8. The van der Waals surface area contributed by atoms with Crippen molar-refractivity contribution < 1.29 is 13.2 Å². The van der Waals surface area contributed by atoms with Crippen LogP contribution < -0.4 is 5.73 Å². The SMILES string of the molecule is Cc1nc(Sc2ccc(C(F)(F)F)cc2N)n[nH]1. The molecule has 2 aromatic rings. The molecule has 0 spiro atoms. The monoisotopic (exact) mass is 274 g/mol. The smallest absolute Gasteiger partial charge is 0.398 e. The molecule has 2 rings (SSSR count). The third-order valence-corrected chi connectivity index (χ3v) is 3.07. The van der Waals surface area contributed by atoms with E-state index in [2.05, 4.69) is 15.2 Å². The third kappa shape index (κ3) is 2.76. The first-order chi connectivity index (χ1) is 8.36. The Morgan fingerprint density at radius 1 is 1.33 bits per heavy atom. The number of hydrogen-bond acceptors (Lipinski definition) is 4. The van der Waals surface area contributed by atoms with Gasteiger partial charge in [-0.1, -0.05) is 0 Å². The average molecular weight is 274 g/mol. The number of benzene rings is 1. The maximum Gasteiger partial charge on any atom is 0.416 e. The highest BCUT2D eigenvalue weighted by atomic mass is 32.2. The number of nitrogens with one attached hydrogen (secondary N) is 1. The minimum Gasteiger partial charge on any atom is -0.398 e. The summed E-state index contributed by atoms with van der Waals surface area (Å²) in [7, 11) is 0. The van der Waals surface area contributed by atoms with Gasteiger partial charge in [-0.25, -0.2) is 4.98 Å². The molecule has 0 atom stereocenters. The molecule has 1 aromatic carbocycles. The van der Waals surface area contributed by atoms with Crippen molar-refractivity contribution in [3.05, 3.63) is 29.6 Å². The number of aromatic nitrogens is 3.